The lowest BCUT2D eigenvalue weighted by atomic mass is 9.93. The largest absolute Gasteiger partial charge is 0.377 e. The minimum absolute atomic E-state index is 0.0442. The number of carbonyl (C=O) groups excluding carboxylic acids is 1. The van der Waals surface area contributed by atoms with Gasteiger partial charge in [-0.3, -0.25) is 0 Å². The molecule has 1 aromatic heterocycles. The van der Waals surface area contributed by atoms with Gasteiger partial charge < -0.3 is 20.3 Å². The van der Waals surface area contributed by atoms with Crippen LogP contribution in [0.15, 0.2) is 53.4 Å². The number of urea groups is 1. The first kappa shape index (κ1) is 25.1. The maximum atomic E-state index is 12.5. The number of benzene rings is 2. The molecule has 194 valence electrons. The molecule has 1 aliphatic heterocycles. The molecule has 2 N–H and O–H groups in total. The number of amides is 2. The predicted octanol–water partition coefficient (Wildman–Crippen LogP) is 3.51. The summed E-state index contributed by atoms with van der Waals surface area (Å²) >= 11 is 0. The van der Waals surface area contributed by atoms with E-state index in [0.717, 1.165) is 19.3 Å². The normalized spacial score (nSPS) is 18.2. The van der Waals surface area contributed by atoms with Crippen LogP contribution < -0.4 is 15.5 Å². The fraction of sp³-hybridized carbons (Fsp3) is 0.385. The summed E-state index contributed by atoms with van der Waals surface area (Å²) < 4.78 is 30.6. The van der Waals surface area contributed by atoms with Crippen molar-refractivity contribution in [3.63, 3.8) is 0 Å². The van der Waals surface area contributed by atoms with Gasteiger partial charge in [0.15, 0.2) is 21.5 Å². The molecule has 0 unspecified atom stereocenters. The highest BCUT2D eigenvalue weighted by Gasteiger charge is 2.25. The average Bonchev–Trinajstić information content (AvgIpc) is 2.86. The van der Waals surface area contributed by atoms with Crippen LogP contribution in [0.2, 0.25) is 0 Å². The lowest BCUT2D eigenvalue weighted by molar-refractivity contribution is 0.0981. The number of sulfone groups is 1. The molecule has 1 saturated carbocycles. The Balaban J connectivity index is 1.51. The summed E-state index contributed by atoms with van der Waals surface area (Å²) in [6.07, 6.45) is 4.35. The summed E-state index contributed by atoms with van der Waals surface area (Å²) in [6.45, 7) is 3.72. The maximum absolute atomic E-state index is 12.5. The minimum atomic E-state index is -3.51. The third-order valence-electron chi connectivity index (χ3n) is 6.62. The van der Waals surface area contributed by atoms with Crippen molar-refractivity contribution in [2.45, 2.75) is 43.2 Å². The molecule has 3 aromatic rings. The van der Waals surface area contributed by atoms with E-state index >= 15 is 0 Å². The summed E-state index contributed by atoms with van der Waals surface area (Å²) in [6, 6.07) is 14.0. The number of rotatable bonds is 6. The number of nitrogens with zero attached hydrogens (tertiary/aromatic N) is 4. The molecule has 10 nitrogen and oxygen atoms in total. The standard InChI is InChI=1S/C26H30N6O4S/c1-17-16-36-15-14-32(17)25-30-23(29-24(31-25)21-8-3-4-9-22(21)37(2,34)35)18-10-12-20(13-11-18)28-26(33)27-19-6-5-7-19/h3-4,8-13,17,19H,5-7,14-16H2,1-2H3,(H2,27,28,33)/t17-/m0/s1. The number of nitrogens with one attached hydrogen (secondary N) is 2. The summed E-state index contributed by atoms with van der Waals surface area (Å²) in [7, 11) is -3.51. The number of aromatic nitrogens is 3. The topological polar surface area (TPSA) is 126 Å². The van der Waals surface area contributed by atoms with Crippen LogP contribution in [0.3, 0.4) is 0 Å². The molecule has 1 aliphatic carbocycles. The van der Waals surface area contributed by atoms with Crippen molar-refractivity contribution in [1.29, 1.82) is 0 Å². The number of hydrogen-bond donors (Lipinski definition) is 2. The number of ether oxygens (including phenoxy) is 1. The zero-order valence-electron chi connectivity index (χ0n) is 20.8. The zero-order chi connectivity index (χ0) is 26.0. The van der Waals surface area contributed by atoms with Gasteiger partial charge >= 0.3 is 6.03 Å². The van der Waals surface area contributed by atoms with Gasteiger partial charge in [0.25, 0.3) is 0 Å². The Labute approximate surface area is 216 Å². The van der Waals surface area contributed by atoms with Crippen LogP contribution in [0.25, 0.3) is 22.8 Å². The van der Waals surface area contributed by atoms with Gasteiger partial charge in [-0.2, -0.15) is 9.97 Å². The molecule has 2 aromatic carbocycles. The van der Waals surface area contributed by atoms with E-state index in [0.29, 0.717) is 48.3 Å². The molecular weight excluding hydrogens is 492 g/mol. The number of hydrogen-bond acceptors (Lipinski definition) is 8. The molecular formula is C26H30N6O4S. The molecule has 1 atom stereocenters. The van der Waals surface area contributed by atoms with Crippen molar-refractivity contribution < 1.29 is 17.9 Å². The van der Waals surface area contributed by atoms with Gasteiger partial charge in [-0.1, -0.05) is 12.1 Å². The number of morpholine rings is 1. The molecule has 2 aliphatic rings. The second-order valence-corrected chi connectivity index (χ2v) is 11.5. The van der Waals surface area contributed by atoms with E-state index in [2.05, 4.69) is 15.6 Å². The highest BCUT2D eigenvalue weighted by Crippen LogP contribution is 2.29. The van der Waals surface area contributed by atoms with Crippen LogP contribution in [-0.2, 0) is 14.6 Å². The van der Waals surface area contributed by atoms with Crippen molar-refractivity contribution in [2.75, 3.05) is 36.2 Å². The SMILES string of the molecule is C[C@H]1COCCN1c1nc(-c2ccc(NC(=O)NC3CCC3)cc2)nc(-c2ccccc2S(C)(=O)=O)n1. The van der Waals surface area contributed by atoms with Crippen LogP contribution in [-0.4, -0.2) is 67.5 Å². The highest BCUT2D eigenvalue weighted by molar-refractivity contribution is 7.90. The van der Waals surface area contributed by atoms with Crippen LogP contribution in [0.1, 0.15) is 26.2 Å². The molecule has 0 spiro atoms. The Morgan fingerprint density at radius 2 is 1.76 bits per heavy atom. The van der Waals surface area contributed by atoms with E-state index in [1.807, 2.05) is 24.0 Å². The first-order valence-electron chi connectivity index (χ1n) is 12.4. The van der Waals surface area contributed by atoms with Crippen molar-refractivity contribution in [3.05, 3.63) is 48.5 Å². The van der Waals surface area contributed by atoms with Crippen molar-refractivity contribution >= 4 is 27.5 Å². The highest BCUT2D eigenvalue weighted by atomic mass is 32.2. The van der Waals surface area contributed by atoms with Crippen LogP contribution in [0.4, 0.5) is 16.4 Å². The zero-order valence-corrected chi connectivity index (χ0v) is 21.7. The van der Waals surface area contributed by atoms with E-state index in [4.69, 9.17) is 14.7 Å². The molecule has 0 radical (unpaired) electrons. The molecule has 2 fully saturated rings. The molecule has 2 amide bonds. The van der Waals surface area contributed by atoms with Gasteiger partial charge in [-0.05, 0) is 62.6 Å². The quantitative estimate of drug-likeness (QED) is 0.504. The fourth-order valence-electron chi connectivity index (χ4n) is 4.35. The van der Waals surface area contributed by atoms with Gasteiger partial charge in [0.2, 0.25) is 5.95 Å². The second kappa shape index (κ2) is 10.4. The van der Waals surface area contributed by atoms with Crippen LogP contribution >= 0.6 is 0 Å². The Morgan fingerprint density at radius 1 is 1.03 bits per heavy atom. The number of anilines is 2. The molecule has 37 heavy (non-hydrogen) atoms. The van der Waals surface area contributed by atoms with E-state index in [9.17, 15) is 13.2 Å². The second-order valence-electron chi connectivity index (χ2n) is 9.47. The Hall–Kier alpha value is -3.57. The average molecular weight is 523 g/mol. The fourth-order valence-corrected chi connectivity index (χ4v) is 5.23. The Kier molecular flexibility index (Phi) is 7.07. The Morgan fingerprint density at radius 3 is 2.43 bits per heavy atom. The smallest absolute Gasteiger partial charge is 0.319 e. The molecule has 0 bridgehead atoms. The summed E-state index contributed by atoms with van der Waals surface area (Å²) in [4.78, 5) is 28.5. The Bertz CT molecular complexity index is 1390. The van der Waals surface area contributed by atoms with Gasteiger partial charge in [0.05, 0.1) is 24.2 Å². The van der Waals surface area contributed by atoms with Gasteiger partial charge in [0, 0.05) is 35.7 Å². The van der Waals surface area contributed by atoms with Gasteiger partial charge in [-0.25, -0.2) is 18.2 Å². The minimum Gasteiger partial charge on any atom is -0.377 e. The van der Waals surface area contributed by atoms with Crippen molar-refractivity contribution in [1.82, 2.24) is 20.3 Å². The maximum Gasteiger partial charge on any atom is 0.319 e. The summed E-state index contributed by atoms with van der Waals surface area (Å²) in [5, 5.41) is 5.81. The first-order chi connectivity index (χ1) is 17.8. The first-order valence-corrected chi connectivity index (χ1v) is 14.2. The van der Waals surface area contributed by atoms with E-state index in [-0.39, 0.29) is 28.8 Å². The molecule has 5 rings (SSSR count). The van der Waals surface area contributed by atoms with Crippen LogP contribution in [0, 0.1) is 0 Å². The monoisotopic (exact) mass is 522 g/mol. The number of carbonyl (C=O) groups is 1. The third kappa shape index (κ3) is 5.72. The van der Waals surface area contributed by atoms with Crippen molar-refractivity contribution in [3.8, 4) is 22.8 Å². The lowest BCUT2D eigenvalue weighted by Crippen LogP contribution is -2.44. The van der Waals surface area contributed by atoms with E-state index in [1.54, 1.807) is 36.4 Å². The van der Waals surface area contributed by atoms with E-state index in [1.165, 1.54) is 6.26 Å². The molecule has 2 heterocycles. The van der Waals surface area contributed by atoms with Crippen LogP contribution in [0.5, 0.6) is 0 Å². The van der Waals surface area contributed by atoms with Gasteiger partial charge in [0.1, 0.15) is 0 Å². The summed E-state index contributed by atoms with van der Waals surface area (Å²) in [5.41, 5.74) is 1.79. The van der Waals surface area contributed by atoms with Crippen molar-refractivity contribution in [2.24, 2.45) is 0 Å². The lowest BCUT2D eigenvalue weighted by Gasteiger charge is -2.33. The van der Waals surface area contributed by atoms with Gasteiger partial charge in [-0.15, -0.1) is 0 Å². The third-order valence-corrected chi connectivity index (χ3v) is 7.77. The predicted molar refractivity (Wildman–Crippen MR) is 141 cm³/mol. The molecule has 1 saturated heterocycles. The molecule has 11 heteroatoms. The van der Waals surface area contributed by atoms with E-state index < -0.39 is 9.84 Å². The summed E-state index contributed by atoms with van der Waals surface area (Å²) in [5.74, 6) is 1.15.